The summed E-state index contributed by atoms with van der Waals surface area (Å²) in [6.45, 7) is 3.77. The average Bonchev–Trinajstić information content (AvgIpc) is 3.07. The predicted octanol–water partition coefficient (Wildman–Crippen LogP) is 3.58. The first-order valence-electron chi connectivity index (χ1n) is 7.82. The Bertz CT molecular complexity index is 725. The zero-order chi connectivity index (χ0) is 20.6. The van der Waals surface area contributed by atoms with Crippen LogP contribution in [0.4, 0.5) is 26.3 Å². The topological polar surface area (TPSA) is 40.6 Å². The number of nitrogens with zero attached hydrogens (tertiary/aromatic N) is 2. The fraction of sp³-hybridized carbons (Fsp3) is 0.412. The number of halogens is 6. The van der Waals surface area contributed by atoms with Gasteiger partial charge in [0.15, 0.2) is 0 Å². The van der Waals surface area contributed by atoms with Gasteiger partial charge in [0, 0.05) is 25.7 Å². The fourth-order valence-electron chi connectivity index (χ4n) is 2.84. The molecule has 0 saturated carbocycles. The molecule has 2 amide bonds. The van der Waals surface area contributed by atoms with Crippen molar-refractivity contribution in [2.24, 2.45) is 0 Å². The third-order valence-corrected chi connectivity index (χ3v) is 4.35. The van der Waals surface area contributed by atoms with Crippen LogP contribution >= 0.6 is 0 Å². The maximum Gasteiger partial charge on any atom is 0.416 e. The van der Waals surface area contributed by atoms with E-state index in [1.807, 2.05) is 0 Å². The molecule has 1 aromatic rings. The van der Waals surface area contributed by atoms with Crippen LogP contribution in [0.1, 0.15) is 27.9 Å². The summed E-state index contributed by atoms with van der Waals surface area (Å²) in [5.41, 5.74) is -3.82. The summed E-state index contributed by atoms with van der Waals surface area (Å²) < 4.78 is 77.6. The maximum atomic E-state index is 12.9. The molecule has 10 heteroatoms. The van der Waals surface area contributed by atoms with E-state index < -0.39 is 41.0 Å². The number of likely N-dealkylation sites (tertiary alicyclic amines) is 1. The lowest BCUT2D eigenvalue weighted by Crippen LogP contribution is -2.40. The van der Waals surface area contributed by atoms with Gasteiger partial charge < -0.3 is 9.80 Å². The highest BCUT2D eigenvalue weighted by atomic mass is 19.4. The molecule has 1 heterocycles. The smallest absolute Gasteiger partial charge is 0.337 e. The molecule has 0 bridgehead atoms. The molecule has 0 N–H and O–H groups in total. The quantitative estimate of drug-likeness (QED) is 0.581. The summed E-state index contributed by atoms with van der Waals surface area (Å²) in [7, 11) is 1.28. The summed E-state index contributed by atoms with van der Waals surface area (Å²) in [5, 5.41) is 0. The van der Waals surface area contributed by atoms with Gasteiger partial charge in [-0.15, -0.1) is 0 Å². The summed E-state index contributed by atoms with van der Waals surface area (Å²) in [6, 6.07) is 0.243. The van der Waals surface area contributed by atoms with Crippen molar-refractivity contribution in [3.05, 3.63) is 47.5 Å². The summed E-state index contributed by atoms with van der Waals surface area (Å²) in [5.74, 6) is -1.35. The standard InChI is InChI=1S/C17H16F6N2O2/c1-3-14(26)25-5-4-13(9-25)24(2)15(27)10-6-11(16(18,19)20)8-12(7-10)17(21,22)23/h3,6-8,13H,1,4-5,9H2,2H3/t13-/m1/s1. The van der Waals surface area contributed by atoms with Crippen molar-refractivity contribution in [2.45, 2.75) is 24.8 Å². The van der Waals surface area contributed by atoms with Gasteiger partial charge in [0.1, 0.15) is 0 Å². The van der Waals surface area contributed by atoms with Crippen molar-refractivity contribution in [2.75, 3.05) is 20.1 Å². The second kappa shape index (κ2) is 7.24. The van der Waals surface area contributed by atoms with E-state index in [9.17, 15) is 35.9 Å². The van der Waals surface area contributed by atoms with Gasteiger partial charge in [0.2, 0.25) is 5.91 Å². The molecular weight excluding hydrogens is 378 g/mol. The lowest BCUT2D eigenvalue weighted by Gasteiger charge is -2.25. The molecule has 1 aliphatic heterocycles. The number of hydrogen-bond donors (Lipinski definition) is 0. The number of amides is 2. The molecule has 0 aromatic heterocycles. The van der Waals surface area contributed by atoms with Gasteiger partial charge in [-0.05, 0) is 30.7 Å². The van der Waals surface area contributed by atoms with E-state index in [4.69, 9.17) is 0 Å². The van der Waals surface area contributed by atoms with Crippen LogP contribution in [0.2, 0.25) is 0 Å². The van der Waals surface area contributed by atoms with Gasteiger partial charge in [-0.1, -0.05) is 6.58 Å². The maximum absolute atomic E-state index is 12.9. The third-order valence-electron chi connectivity index (χ3n) is 4.35. The monoisotopic (exact) mass is 394 g/mol. The van der Waals surface area contributed by atoms with Crippen LogP contribution in [-0.2, 0) is 17.1 Å². The van der Waals surface area contributed by atoms with Crippen LogP contribution in [0.5, 0.6) is 0 Å². The van der Waals surface area contributed by atoms with Crippen LogP contribution < -0.4 is 0 Å². The van der Waals surface area contributed by atoms with E-state index in [-0.39, 0.29) is 18.5 Å². The van der Waals surface area contributed by atoms with Gasteiger partial charge in [0.25, 0.3) is 5.91 Å². The third kappa shape index (κ3) is 4.61. The highest BCUT2D eigenvalue weighted by Crippen LogP contribution is 2.36. The molecule has 1 atom stereocenters. The molecule has 1 saturated heterocycles. The number of rotatable bonds is 3. The van der Waals surface area contributed by atoms with Crippen molar-refractivity contribution < 1.29 is 35.9 Å². The summed E-state index contributed by atoms with van der Waals surface area (Å²) in [4.78, 5) is 26.5. The van der Waals surface area contributed by atoms with Crippen molar-refractivity contribution in [1.29, 1.82) is 0 Å². The zero-order valence-electron chi connectivity index (χ0n) is 14.2. The number of alkyl halides is 6. The Morgan fingerprint density at radius 2 is 1.63 bits per heavy atom. The zero-order valence-corrected chi connectivity index (χ0v) is 14.2. The van der Waals surface area contributed by atoms with E-state index in [1.165, 1.54) is 11.9 Å². The van der Waals surface area contributed by atoms with Crippen LogP contribution in [0.3, 0.4) is 0 Å². The minimum absolute atomic E-state index is 0.0309. The molecule has 1 aromatic carbocycles. The van der Waals surface area contributed by atoms with Gasteiger partial charge in [-0.3, -0.25) is 9.59 Å². The fourth-order valence-corrected chi connectivity index (χ4v) is 2.84. The molecule has 4 nitrogen and oxygen atoms in total. The van der Waals surface area contributed by atoms with Gasteiger partial charge >= 0.3 is 12.4 Å². The molecule has 0 unspecified atom stereocenters. The number of carbonyl (C=O) groups excluding carboxylic acids is 2. The highest BCUT2D eigenvalue weighted by Gasteiger charge is 2.38. The van der Waals surface area contributed by atoms with E-state index >= 15 is 0 Å². The van der Waals surface area contributed by atoms with Gasteiger partial charge in [-0.2, -0.15) is 26.3 Å². The Morgan fingerprint density at radius 3 is 2.07 bits per heavy atom. The highest BCUT2D eigenvalue weighted by molar-refractivity contribution is 5.95. The Balaban J connectivity index is 2.32. The average molecular weight is 394 g/mol. The van der Waals surface area contributed by atoms with E-state index in [0.717, 1.165) is 11.0 Å². The Hall–Kier alpha value is -2.52. The molecule has 2 rings (SSSR count). The van der Waals surface area contributed by atoms with Crippen molar-refractivity contribution in [3.63, 3.8) is 0 Å². The van der Waals surface area contributed by atoms with Crippen LogP contribution in [0, 0.1) is 0 Å². The second-order valence-electron chi connectivity index (χ2n) is 6.14. The lowest BCUT2D eigenvalue weighted by molar-refractivity contribution is -0.143. The number of likely N-dealkylation sites (N-methyl/N-ethyl adjacent to an activating group) is 1. The van der Waals surface area contributed by atoms with E-state index in [1.54, 1.807) is 0 Å². The first kappa shape index (κ1) is 20.8. The first-order valence-corrected chi connectivity index (χ1v) is 7.82. The SMILES string of the molecule is C=CC(=O)N1CC[C@@H](N(C)C(=O)c2cc(C(F)(F)F)cc(C(F)(F)F)c2)C1. The number of hydrogen-bond acceptors (Lipinski definition) is 2. The number of carbonyl (C=O) groups is 2. The van der Waals surface area contributed by atoms with Crippen molar-refractivity contribution in [3.8, 4) is 0 Å². The van der Waals surface area contributed by atoms with E-state index in [0.29, 0.717) is 25.1 Å². The summed E-state index contributed by atoms with van der Waals surface area (Å²) in [6.07, 6.45) is -8.62. The van der Waals surface area contributed by atoms with Gasteiger partial charge in [0.05, 0.1) is 17.2 Å². The van der Waals surface area contributed by atoms with Crippen LogP contribution in [0.15, 0.2) is 30.9 Å². The normalized spacial score (nSPS) is 17.7. The van der Waals surface area contributed by atoms with Crippen LogP contribution in [0.25, 0.3) is 0 Å². The van der Waals surface area contributed by atoms with Crippen LogP contribution in [-0.4, -0.2) is 47.8 Å². The Morgan fingerprint density at radius 1 is 1.11 bits per heavy atom. The second-order valence-corrected chi connectivity index (χ2v) is 6.14. The Labute approximate surface area is 151 Å². The molecule has 148 valence electrons. The molecule has 27 heavy (non-hydrogen) atoms. The minimum Gasteiger partial charge on any atom is -0.337 e. The van der Waals surface area contributed by atoms with Crippen molar-refractivity contribution in [1.82, 2.24) is 9.80 Å². The summed E-state index contributed by atoms with van der Waals surface area (Å²) >= 11 is 0. The molecule has 1 aliphatic rings. The molecule has 0 aliphatic carbocycles. The number of benzene rings is 1. The Kier molecular flexibility index (Phi) is 5.58. The van der Waals surface area contributed by atoms with E-state index in [2.05, 4.69) is 6.58 Å². The molecule has 0 radical (unpaired) electrons. The molecule has 0 spiro atoms. The van der Waals surface area contributed by atoms with Crippen molar-refractivity contribution >= 4 is 11.8 Å². The molecule has 1 fully saturated rings. The molecular formula is C17H16F6N2O2. The largest absolute Gasteiger partial charge is 0.416 e. The lowest BCUT2D eigenvalue weighted by atomic mass is 10.0. The van der Waals surface area contributed by atoms with Gasteiger partial charge in [-0.25, -0.2) is 0 Å². The predicted molar refractivity (Wildman–Crippen MR) is 83.7 cm³/mol. The minimum atomic E-state index is -5.03. The first-order chi connectivity index (χ1) is 12.3.